The minimum absolute atomic E-state index is 0.0850. The third-order valence-electron chi connectivity index (χ3n) is 4.94. The number of carbonyl (C=O) groups is 1. The average molecular weight is 407 g/mol. The third-order valence-corrected chi connectivity index (χ3v) is 4.94. The Morgan fingerprint density at radius 1 is 1.00 bits per heavy atom. The van der Waals surface area contributed by atoms with Gasteiger partial charge < -0.3 is 20.6 Å². The number of phenolic OH excluding ortho intramolecular Hbond substituents is 1. The first-order valence-electron chi connectivity index (χ1n) is 9.80. The van der Waals surface area contributed by atoms with Crippen LogP contribution in [0.4, 0.5) is 17.1 Å². The summed E-state index contributed by atoms with van der Waals surface area (Å²) in [5.41, 5.74) is 0.308. The van der Waals surface area contributed by atoms with Crippen molar-refractivity contribution in [2.45, 2.75) is 25.8 Å². The highest BCUT2D eigenvalue weighted by Gasteiger charge is 2.25. The molecule has 3 N–H and O–H groups in total. The maximum absolute atomic E-state index is 12.2. The van der Waals surface area contributed by atoms with Gasteiger partial charge in [-0.1, -0.05) is 49.7 Å². The van der Waals surface area contributed by atoms with E-state index >= 15 is 0 Å². The van der Waals surface area contributed by atoms with Crippen LogP contribution in [0.15, 0.2) is 58.1 Å². The molecule has 156 valence electrons. The first-order valence-corrected chi connectivity index (χ1v) is 9.80. The molecule has 1 atom stereocenters. The zero-order valence-electron chi connectivity index (χ0n) is 17.2. The number of phenols is 1. The Morgan fingerprint density at radius 3 is 2.30 bits per heavy atom. The number of nitrogens with one attached hydrogen (secondary N) is 2. The quantitative estimate of drug-likeness (QED) is 0.391. The maximum atomic E-state index is 12.2. The average Bonchev–Trinajstić information content (AvgIpc) is 2.76. The summed E-state index contributed by atoms with van der Waals surface area (Å²) >= 11 is 0. The summed E-state index contributed by atoms with van der Waals surface area (Å²) in [5.74, 6) is -0.644. The summed E-state index contributed by atoms with van der Waals surface area (Å²) in [4.78, 5) is 38.1. The Balaban J connectivity index is 1.91. The molecule has 0 aliphatic heterocycles. The lowest BCUT2D eigenvalue weighted by molar-refractivity contribution is 0.0824. The molecule has 0 radical (unpaired) electrons. The fraction of sp³-hybridized carbons (Fsp3) is 0.261. The Labute approximate surface area is 174 Å². The Morgan fingerprint density at radius 2 is 1.67 bits per heavy atom. The van der Waals surface area contributed by atoms with E-state index in [0.717, 1.165) is 18.4 Å². The summed E-state index contributed by atoms with van der Waals surface area (Å²) in [7, 11) is 3.16. The van der Waals surface area contributed by atoms with Crippen LogP contribution in [0.5, 0.6) is 5.75 Å². The Hall–Kier alpha value is -3.61. The lowest BCUT2D eigenvalue weighted by Gasteiger charge is -2.23. The topological polar surface area (TPSA) is 98.7 Å². The highest BCUT2D eigenvalue weighted by Crippen LogP contribution is 2.33. The third kappa shape index (κ3) is 4.05. The molecular formula is C23H25N3O4. The molecule has 0 bridgehead atoms. The van der Waals surface area contributed by atoms with Crippen molar-refractivity contribution >= 4 is 23.0 Å². The van der Waals surface area contributed by atoms with Gasteiger partial charge in [0.05, 0.1) is 17.3 Å². The minimum atomic E-state index is -0.662. The van der Waals surface area contributed by atoms with Crippen LogP contribution in [-0.4, -0.2) is 30.0 Å². The van der Waals surface area contributed by atoms with Crippen molar-refractivity contribution in [3.05, 3.63) is 80.1 Å². The van der Waals surface area contributed by atoms with E-state index in [0.29, 0.717) is 0 Å². The standard InChI is InChI=1S/C23H25N3O4/c1-4-9-16(14-10-6-5-7-11-14)24-18-19(22(29)21(18)28)25-17-13-8-12-15(20(17)27)23(30)26(2)3/h5-8,10-13,16,24-25,27H,4,9H2,1-3H3/t16-/m1/s1. The van der Waals surface area contributed by atoms with Gasteiger partial charge in [0.15, 0.2) is 5.75 Å². The number of aromatic hydroxyl groups is 1. The molecule has 0 aliphatic carbocycles. The zero-order valence-corrected chi connectivity index (χ0v) is 17.2. The normalized spacial score (nSPS) is 11.8. The molecule has 0 saturated carbocycles. The molecule has 1 amide bonds. The Kier molecular flexibility index (Phi) is 6.20. The van der Waals surface area contributed by atoms with Crippen molar-refractivity contribution < 1.29 is 9.90 Å². The predicted molar refractivity (Wildman–Crippen MR) is 118 cm³/mol. The molecule has 0 unspecified atom stereocenters. The summed E-state index contributed by atoms with van der Waals surface area (Å²) in [6.45, 7) is 2.05. The van der Waals surface area contributed by atoms with Crippen LogP contribution >= 0.6 is 0 Å². The summed E-state index contributed by atoms with van der Waals surface area (Å²) in [6, 6.07) is 14.2. The van der Waals surface area contributed by atoms with Gasteiger partial charge in [-0.2, -0.15) is 0 Å². The van der Waals surface area contributed by atoms with E-state index in [2.05, 4.69) is 10.6 Å². The summed E-state index contributed by atoms with van der Waals surface area (Å²) in [5, 5.41) is 16.5. The molecule has 3 aromatic rings. The SMILES string of the molecule is CCC[C@@H](Nc1c(Nc2cccc(C(=O)N(C)C)c2O)c(=O)c1=O)c1ccccc1. The van der Waals surface area contributed by atoms with Crippen LogP contribution < -0.4 is 21.5 Å². The molecular weight excluding hydrogens is 382 g/mol. The van der Waals surface area contributed by atoms with E-state index in [1.165, 1.54) is 11.0 Å². The van der Waals surface area contributed by atoms with E-state index in [9.17, 15) is 19.5 Å². The fourth-order valence-corrected chi connectivity index (χ4v) is 3.31. The number of hydrogen-bond acceptors (Lipinski definition) is 6. The van der Waals surface area contributed by atoms with Crippen molar-refractivity contribution in [3.8, 4) is 5.75 Å². The van der Waals surface area contributed by atoms with Gasteiger partial charge in [0.25, 0.3) is 16.8 Å². The second-order valence-electron chi connectivity index (χ2n) is 7.33. The smallest absolute Gasteiger partial charge is 0.257 e. The van der Waals surface area contributed by atoms with Crippen LogP contribution in [0, 0.1) is 0 Å². The molecule has 0 aromatic heterocycles. The number of hydrogen-bond donors (Lipinski definition) is 3. The van der Waals surface area contributed by atoms with Crippen molar-refractivity contribution in [2.75, 3.05) is 24.7 Å². The lowest BCUT2D eigenvalue weighted by Crippen LogP contribution is -2.37. The number of carbonyl (C=O) groups excluding carboxylic acids is 1. The number of rotatable bonds is 8. The number of amides is 1. The van der Waals surface area contributed by atoms with Crippen LogP contribution in [-0.2, 0) is 0 Å². The van der Waals surface area contributed by atoms with Gasteiger partial charge in [-0.15, -0.1) is 0 Å². The van der Waals surface area contributed by atoms with Gasteiger partial charge >= 0.3 is 0 Å². The molecule has 7 nitrogen and oxygen atoms in total. The van der Waals surface area contributed by atoms with E-state index in [-0.39, 0.29) is 40.3 Å². The summed E-state index contributed by atoms with van der Waals surface area (Å²) in [6.07, 6.45) is 1.67. The van der Waals surface area contributed by atoms with Crippen LogP contribution in [0.3, 0.4) is 0 Å². The van der Waals surface area contributed by atoms with Gasteiger partial charge in [-0.3, -0.25) is 14.4 Å². The van der Waals surface area contributed by atoms with Crippen LogP contribution in [0.1, 0.15) is 41.7 Å². The fourth-order valence-electron chi connectivity index (χ4n) is 3.31. The first kappa shape index (κ1) is 21.1. The van der Waals surface area contributed by atoms with Gasteiger partial charge in [0.1, 0.15) is 11.4 Å². The number of nitrogens with zero attached hydrogens (tertiary/aromatic N) is 1. The van der Waals surface area contributed by atoms with Crippen molar-refractivity contribution in [1.82, 2.24) is 4.90 Å². The highest BCUT2D eigenvalue weighted by molar-refractivity contribution is 5.99. The predicted octanol–water partition coefficient (Wildman–Crippen LogP) is 3.39. The number of anilines is 3. The molecule has 30 heavy (non-hydrogen) atoms. The Bertz CT molecular complexity index is 1120. The molecule has 0 spiro atoms. The lowest BCUT2D eigenvalue weighted by atomic mass is 10.0. The van der Waals surface area contributed by atoms with E-state index < -0.39 is 10.9 Å². The second-order valence-corrected chi connectivity index (χ2v) is 7.33. The molecule has 0 saturated heterocycles. The monoisotopic (exact) mass is 407 g/mol. The molecule has 0 heterocycles. The van der Waals surface area contributed by atoms with Gasteiger partial charge in [0, 0.05) is 14.1 Å². The van der Waals surface area contributed by atoms with Gasteiger partial charge in [-0.05, 0) is 24.1 Å². The molecule has 0 aliphatic rings. The minimum Gasteiger partial charge on any atom is -0.505 e. The highest BCUT2D eigenvalue weighted by atomic mass is 16.3. The van der Waals surface area contributed by atoms with Crippen molar-refractivity contribution in [3.63, 3.8) is 0 Å². The molecule has 0 fully saturated rings. The van der Waals surface area contributed by atoms with Gasteiger partial charge in [0.2, 0.25) is 0 Å². The first-order chi connectivity index (χ1) is 14.3. The van der Waals surface area contributed by atoms with Crippen LogP contribution in [0.25, 0.3) is 0 Å². The van der Waals surface area contributed by atoms with E-state index in [1.807, 2.05) is 37.3 Å². The number of para-hydroxylation sites is 1. The van der Waals surface area contributed by atoms with E-state index in [4.69, 9.17) is 0 Å². The molecule has 3 aromatic carbocycles. The number of benzene rings is 2. The molecule has 3 rings (SSSR count). The zero-order chi connectivity index (χ0) is 21.8. The summed E-state index contributed by atoms with van der Waals surface area (Å²) < 4.78 is 0. The van der Waals surface area contributed by atoms with E-state index in [1.54, 1.807) is 26.2 Å². The molecule has 7 heteroatoms. The van der Waals surface area contributed by atoms with Crippen LogP contribution in [0.2, 0.25) is 0 Å². The van der Waals surface area contributed by atoms with Crippen molar-refractivity contribution in [1.29, 1.82) is 0 Å². The largest absolute Gasteiger partial charge is 0.505 e. The second kappa shape index (κ2) is 8.82. The van der Waals surface area contributed by atoms with Crippen molar-refractivity contribution in [2.24, 2.45) is 0 Å². The maximum Gasteiger partial charge on any atom is 0.257 e. The van der Waals surface area contributed by atoms with Gasteiger partial charge in [-0.25, -0.2) is 0 Å².